The highest BCUT2D eigenvalue weighted by atomic mass is 16.3. The van der Waals surface area contributed by atoms with Crippen molar-refractivity contribution >= 4 is 5.91 Å². The molecule has 4 nitrogen and oxygen atoms in total. The van der Waals surface area contributed by atoms with Crippen LogP contribution in [0.25, 0.3) is 0 Å². The van der Waals surface area contributed by atoms with Crippen molar-refractivity contribution in [2.45, 2.75) is 12.8 Å². The zero-order chi connectivity index (χ0) is 12.6. The molecule has 96 valence electrons. The molecule has 0 saturated carbocycles. The molecule has 3 rings (SSSR count). The minimum absolute atomic E-state index is 0.0822. The van der Waals surface area contributed by atoms with Gasteiger partial charge in [0.25, 0.3) is 5.91 Å². The summed E-state index contributed by atoms with van der Waals surface area (Å²) in [4.78, 5) is 14.3. The number of amides is 1. The van der Waals surface area contributed by atoms with E-state index in [1.54, 1.807) is 24.3 Å². The van der Waals surface area contributed by atoms with Crippen LogP contribution < -0.4 is 5.32 Å². The summed E-state index contributed by atoms with van der Waals surface area (Å²) >= 11 is 0. The van der Waals surface area contributed by atoms with Gasteiger partial charge in [-0.3, -0.25) is 4.79 Å². The number of carbonyl (C=O) groups is 1. The quantitative estimate of drug-likeness (QED) is 0.783. The first kappa shape index (κ1) is 11.5. The SMILES string of the molecule is O=C(c1ccc(O)cc1)N1CCC2(CCNC2)C1. The fourth-order valence-corrected chi connectivity index (χ4v) is 3.04. The molecule has 2 heterocycles. The predicted molar refractivity (Wildman–Crippen MR) is 68.5 cm³/mol. The van der Waals surface area contributed by atoms with E-state index in [2.05, 4.69) is 5.32 Å². The summed E-state index contributed by atoms with van der Waals surface area (Å²) in [6, 6.07) is 6.51. The van der Waals surface area contributed by atoms with Gasteiger partial charge < -0.3 is 15.3 Å². The first-order valence-electron chi connectivity index (χ1n) is 6.48. The van der Waals surface area contributed by atoms with Crippen LogP contribution in [0, 0.1) is 5.41 Å². The minimum atomic E-state index is 0.0822. The molecule has 0 aliphatic carbocycles. The predicted octanol–water partition coefficient (Wildman–Crippen LogP) is 1.22. The van der Waals surface area contributed by atoms with Crippen molar-refractivity contribution in [3.05, 3.63) is 29.8 Å². The smallest absolute Gasteiger partial charge is 0.253 e. The second kappa shape index (κ2) is 4.28. The van der Waals surface area contributed by atoms with Crippen LogP contribution >= 0.6 is 0 Å². The lowest BCUT2D eigenvalue weighted by molar-refractivity contribution is 0.0775. The number of aromatic hydroxyl groups is 1. The van der Waals surface area contributed by atoms with Crippen molar-refractivity contribution in [3.8, 4) is 5.75 Å². The van der Waals surface area contributed by atoms with E-state index in [-0.39, 0.29) is 11.7 Å². The van der Waals surface area contributed by atoms with Gasteiger partial charge in [-0.25, -0.2) is 0 Å². The lowest BCUT2D eigenvalue weighted by atomic mass is 9.86. The summed E-state index contributed by atoms with van der Waals surface area (Å²) in [5, 5.41) is 12.6. The Kier molecular flexibility index (Phi) is 2.74. The summed E-state index contributed by atoms with van der Waals surface area (Å²) < 4.78 is 0. The van der Waals surface area contributed by atoms with Crippen LogP contribution in [0.1, 0.15) is 23.2 Å². The Morgan fingerprint density at radius 1 is 1.28 bits per heavy atom. The van der Waals surface area contributed by atoms with Crippen molar-refractivity contribution in [1.29, 1.82) is 0 Å². The van der Waals surface area contributed by atoms with Gasteiger partial charge in [0.05, 0.1) is 0 Å². The number of rotatable bonds is 1. The monoisotopic (exact) mass is 246 g/mol. The number of hydrogen-bond donors (Lipinski definition) is 2. The Labute approximate surface area is 107 Å². The highest BCUT2D eigenvalue weighted by Crippen LogP contribution is 2.36. The average molecular weight is 246 g/mol. The molecule has 18 heavy (non-hydrogen) atoms. The number of nitrogens with one attached hydrogen (secondary N) is 1. The molecule has 0 bridgehead atoms. The first-order chi connectivity index (χ1) is 8.69. The van der Waals surface area contributed by atoms with E-state index in [1.165, 1.54) is 6.42 Å². The minimum Gasteiger partial charge on any atom is -0.508 e. The Balaban J connectivity index is 1.72. The van der Waals surface area contributed by atoms with Crippen LogP contribution in [0.4, 0.5) is 0 Å². The number of phenolic OH excluding ortho intramolecular Hbond substituents is 1. The van der Waals surface area contributed by atoms with Crippen molar-refractivity contribution in [1.82, 2.24) is 10.2 Å². The summed E-state index contributed by atoms with van der Waals surface area (Å²) in [6.45, 7) is 3.81. The maximum Gasteiger partial charge on any atom is 0.253 e. The molecule has 2 N–H and O–H groups in total. The highest BCUT2D eigenvalue weighted by molar-refractivity contribution is 5.94. The molecule has 2 fully saturated rings. The number of nitrogens with zero attached hydrogens (tertiary/aromatic N) is 1. The van der Waals surface area contributed by atoms with Gasteiger partial charge in [0.15, 0.2) is 0 Å². The van der Waals surface area contributed by atoms with Crippen LogP contribution in [0.15, 0.2) is 24.3 Å². The molecular formula is C14H18N2O2. The summed E-state index contributed by atoms with van der Waals surface area (Å²) in [5.41, 5.74) is 0.975. The lowest BCUT2D eigenvalue weighted by Crippen LogP contribution is -2.33. The van der Waals surface area contributed by atoms with Crippen LogP contribution in [0.2, 0.25) is 0 Å². The molecule has 1 aromatic carbocycles. The second-order valence-corrected chi connectivity index (χ2v) is 5.45. The van der Waals surface area contributed by atoms with Gasteiger partial charge in [-0.2, -0.15) is 0 Å². The van der Waals surface area contributed by atoms with Gasteiger partial charge in [0.2, 0.25) is 0 Å². The Morgan fingerprint density at radius 3 is 2.72 bits per heavy atom. The van der Waals surface area contributed by atoms with Crippen LogP contribution in [0.5, 0.6) is 5.75 Å². The average Bonchev–Trinajstić information content (AvgIpc) is 3.01. The van der Waals surface area contributed by atoms with Crippen LogP contribution in [-0.4, -0.2) is 42.1 Å². The lowest BCUT2D eigenvalue weighted by Gasteiger charge is -2.22. The van der Waals surface area contributed by atoms with Gasteiger partial charge in [-0.1, -0.05) is 0 Å². The van der Waals surface area contributed by atoms with Crippen molar-refractivity contribution in [2.24, 2.45) is 5.41 Å². The second-order valence-electron chi connectivity index (χ2n) is 5.45. The van der Waals surface area contributed by atoms with Gasteiger partial charge in [-0.05, 0) is 43.7 Å². The molecule has 1 atom stereocenters. The van der Waals surface area contributed by atoms with E-state index in [0.29, 0.717) is 11.0 Å². The van der Waals surface area contributed by atoms with Gasteiger partial charge in [0.1, 0.15) is 5.75 Å². The van der Waals surface area contributed by atoms with E-state index < -0.39 is 0 Å². The number of benzene rings is 1. The molecular weight excluding hydrogens is 228 g/mol. The number of hydrogen-bond acceptors (Lipinski definition) is 3. The molecule has 0 radical (unpaired) electrons. The van der Waals surface area contributed by atoms with Crippen LogP contribution in [-0.2, 0) is 0 Å². The molecule has 1 amide bonds. The van der Waals surface area contributed by atoms with Gasteiger partial charge >= 0.3 is 0 Å². The van der Waals surface area contributed by atoms with Crippen molar-refractivity contribution < 1.29 is 9.90 Å². The van der Waals surface area contributed by atoms with E-state index in [0.717, 1.165) is 32.6 Å². The highest BCUT2D eigenvalue weighted by Gasteiger charge is 2.41. The molecule has 2 aliphatic rings. The number of phenols is 1. The standard InChI is InChI=1S/C14H18N2O2/c17-12-3-1-11(2-4-12)13(18)16-8-6-14(10-16)5-7-15-9-14/h1-4,15,17H,5-10H2. The molecule has 2 saturated heterocycles. The van der Waals surface area contributed by atoms with Crippen molar-refractivity contribution in [2.75, 3.05) is 26.2 Å². The summed E-state index contributed by atoms with van der Waals surface area (Å²) in [6.07, 6.45) is 2.27. The molecule has 1 aromatic rings. The molecule has 1 unspecified atom stereocenters. The zero-order valence-electron chi connectivity index (χ0n) is 10.4. The van der Waals surface area contributed by atoms with Crippen molar-refractivity contribution in [3.63, 3.8) is 0 Å². The van der Waals surface area contributed by atoms with E-state index in [4.69, 9.17) is 0 Å². The Bertz CT molecular complexity index is 449. The third-order valence-corrected chi connectivity index (χ3v) is 4.17. The third kappa shape index (κ3) is 1.97. The van der Waals surface area contributed by atoms with Gasteiger partial charge in [-0.15, -0.1) is 0 Å². The number of carbonyl (C=O) groups excluding carboxylic acids is 1. The van der Waals surface area contributed by atoms with Crippen LogP contribution in [0.3, 0.4) is 0 Å². The molecule has 1 spiro atoms. The maximum atomic E-state index is 12.3. The molecule has 4 heteroatoms. The van der Waals surface area contributed by atoms with E-state index in [1.807, 2.05) is 4.90 Å². The molecule has 2 aliphatic heterocycles. The fraction of sp³-hybridized carbons (Fsp3) is 0.500. The Morgan fingerprint density at radius 2 is 2.06 bits per heavy atom. The van der Waals surface area contributed by atoms with E-state index in [9.17, 15) is 9.90 Å². The topological polar surface area (TPSA) is 52.6 Å². The summed E-state index contributed by atoms with van der Waals surface area (Å²) in [7, 11) is 0. The van der Waals surface area contributed by atoms with E-state index >= 15 is 0 Å². The normalized spacial score (nSPS) is 27.0. The largest absolute Gasteiger partial charge is 0.508 e. The third-order valence-electron chi connectivity index (χ3n) is 4.17. The number of likely N-dealkylation sites (tertiary alicyclic amines) is 1. The first-order valence-corrected chi connectivity index (χ1v) is 6.48. The maximum absolute atomic E-state index is 12.3. The zero-order valence-corrected chi connectivity index (χ0v) is 10.4. The Hall–Kier alpha value is -1.55. The fourth-order valence-electron chi connectivity index (χ4n) is 3.04. The van der Waals surface area contributed by atoms with Gasteiger partial charge in [0, 0.05) is 30.6 Å². The summed E-state index contributed by atoms with van der Waals surface area (Å²) in [5.74, 6) is 0.281. The molecule has 0 aromatic heterocycles.